The molecule has 0 bridgehead atoms. The number of nitrogens with zero attached hydrogens (tertiary/aromatic N) is 1. The molecule has 5 heteroatoms. The van der Waals surface area contributed by atoms with Gasteiger partial charge in [-0.3, -0.25) is 9.36 Å². The quantitative estimate of drug-likeness (QED) is 0.883. The van der Waals surface area contributed by atoms with Crippen molar-refractivity contribution in [1.29, 1.82) is 0 Å². The van der Waals surface area contributed by atoms with Crippen molar-refractivity contribution < 1.29 is 14.3 Å². The van der Waals surface area contributed by atoms with Crippen molar-refractivity contribution in [2.45, 2.75) is 45.8 Å². The van der Waals surface area contributed by atoms with Crippen LogP contribution in [0.25, 0.3) is 10.9 Å². The van der Waals surface area contributed by atoms with Crippen LogP contribution in [0.1, 0.15) is 33.3 Å². The summed E-state index contributed by atoms with van der Waals surface area (Å²) < 4.78 is 6.81. The molecule has 1 atom stereocenters. The molecule has 1 amide bonds. The topological polar surface area (TPSA) is 60.3 Å². The van der Waals surface area contributed by atoms with E-state index in [1.165, 1.54) is 0 Å². The van der Waals surface area contributed by atoms with E-state index in [0.717, 1.165) is 22.9 Å². The Balaban J connectivity index is 2.10. The number of alkyl carbamates (subject to hydrolysis) is 1. The largest absolute Gasteiger partial charge is 0.444 e. The molecule has 1 aromatic heterocycles. The summed E-state index contributed by atoms with van der Waals surface area (Å²) in [5.74, 6) is 0. The third kappa shape index (κ3) is 3.87. The predicted molar refractivity (Wildman–Crippen MR) is 86.6 cm³/mol. The number of benzene rings is 1. The van der Waals surface area contributed by atoms with Crippen LogP contribution in [0.3, 0.4) is 0 Å². The Morgan fingerprint density at radius 1 is 1.36 bits per heavy atom. The third-order valence-electron chi connectivity index (χ3n) is 3.23. The summed E-state index contributed by atoms with van der Waals surface area (Å²) in [6.45, 7) is 7.40. The standard InChI is InChI=1S/C17H22N2O3/c1-12(18-16(21)22-17(2,3)4)9-13-10-19(11-20)15-8-6-5-7-14(13)15/h5-8,10-12H,9H2,1-4H3,(H,18,21)/t12-/m1/s1. The van der Waals surface area contributed by atoms with Crippen molar-refractivity contribution >= 4 is 23.4 Å². The number of carbonyl (C=O) groups is 2. The molecule has 2 aromatic rings. The van der Waals surface area contributed by atoms with Crippen LogP contribution in [0.2, 0.25) is 0 Å². The lowest BCUT2D eigenvalue weighted by Crippen LogP contribution is -2.38. The number of hydrogen-bond acceptors (Lipinski definition) is 3. The number of ether oxygens (including phenoxy) is 1. The maximum atomic E-state index is 11.8. The second-order valence-corrected chi connectivity index (χ2v) is 6.44. The molecule has 22 heavy (non-hydrogen) atoms. The number of hydrogen-bond donors (Lipinski definition) is 1. The summed E-state index contributed by atoms with van der Waals surface area (Å²) in [6, 6.07) is 7.62. The Hall–Kier alpha value is -2.30. The van der Waals surface area contributed by atoms with E-state index in [9.17, 15) is 9.59 Å². The van der Waals surface area contributed by atoms with Crippen LogP contribution in [-0.2, 0) is 16.0 Å². The second kappa shape index (κ2) is 6.22. The van der Waals surface area contributed by atoms with Gasteiger partial charge in [0.1, 0.15) is 5.60 Å². The van der Waals surface area contributed by atoms with E-state index in [-0.39, 0.29) is 6.04 Å². The minimum Gasteiger partial charge on any atom is -0.444 e. The lowest BCUT2D eigenvalue weighted by Gasteiger charge is -2.21. The first kappa shape index (κ1) is 16.1. The molecule has 2 rings (SSSR count). The van der Waals surface area contributed by atoms with Crippen molar-refractivity contribution in [3.63, 3.8) is 0 Å². The number of para-hydroxylation sites is 1. The van der Waals surface area contributed by atoms with Gasteiger partial charge in [0.15, 0.2) is 0 Å². The lowest BCUT2D eigenvalue weighted by molar-refractivity contribution is 0.0508. The Morgan fingerprint density at radius 3 is 2.68 bits per heavy atom. The molecule has 0 saturated carbocycles. The number of rotatable bonds is 4. The van der Waals surface area contributed by atoms with Gasteiger partial charge in [0.25, 0.3) is 0 Å². The predicted octanol–water partition coefficient (Wildman–Crippen LogP) is 3.14. The van der Waals surface area contributed by atoms with Crippen LogP contribution in [-0.4, -0.2) is 28.7 Å². The number of aromatic nitrogens is 1. The molecule has 0 spiro atoms. The maximum Gasteiger partial charge on any atom is 0.407 e. The van der Waals surface area contributed by atoms with E-state index in [2.05, 4.69) is 5.32 Å². The molecule has 0 radical (unpaired) electrons. The van der Waals surface area contributed by atoms with Gasteiger partial charge in [-0.05, 0) is 45.7 Å². The van der Waals surface area contributed by atoms with Crippen LogP contribution in [0.4, 0.5) is 4.79 Å². The summed E-state index contributed by atoms with van der Waals surface area (Å²) >= 11 is 0. The summed E-state index contributed by atoms with van der Waals surface area (Å²) in [4.78, 5) is 22.9. The minimum absolute atomic E-state index is 0.0965. The lowest BCUT2D eigenvalue weighted by atomic mass is 10.1. The van der Waals surface area contributed by atoms with Gasteiger partial charge < -0.3 is 10.1 Å². The zero-order valence-electron chi connectivity index (χ0n) is 13.4. The highest BCUT2D eigenvalue weighted by Crippen LogP contribution is 2.21. The first-order valence-electron chi connectivity index (χ1n) is 7.33. The third-order valence-corrected chi connectivity index (χ3v) is 3.23. The zero-order valence-corrected chi connectivity index (χ0v) is 13.4. The van der Waals surface area contributed by atoms with Crippen LogP contribution >= 0.6 is 0 Å². The summed E-state index contributed by atoms with van der Waals surface area (Å²) in [7, 11) is 0. The first-order valence-corrected chi connectivity index (χ1v) is 7.33. The molecular weight excluding hydrogens is 280 g/mol. The van der Waals surface area contributed by atoms with Gasteiger partial charge in [-0.2, -0.15) is 0 Å². The average molecular weight is 302 g/mol. The number of carbonyl (C=O) groups excluding carboxylic acids is 2. The molecule has 5 nitrogen and oxygen atoms in total. The second-order valence-electron chi connectivity index (χ2n) is 6.44. The molecule has 0 fully saturated rings. The summed E-state index contributed by atoms with van der Waals surface area (Å²) in [5, 5.41) is 3.84. The van der Waals surface area contributed by atoms with Crippen molar-refractivity contribution in [1.82, 2.24) is 9.88 Å². The molecule has 1 heterocycles. The van der Waals surface area contributed by atoms with E-state index in [0.29, 0.717) is 6.42 Å². The van der Waals surface area contributed by atoms with Crippen molar-refractivity contribution in [2.75, 3.05) is 0 Å². The van der Waals surface area contributed by atoms with Crippen molar-refractivity contribution in [3.8, 4) is 0 Å². The van der Waals surface area contributed by atoms with E-state index < -0.39 is 11.7 Å². The van der Waals surface area contributed by atoms with Crippen molar-refractivity contribution in [2.24, 2.45) is 0 Å². The highest BCUT2D eigenvalue weighted by Gasteiger charge is 2.18. The SMILES string of the molecule is C[C@H](Cc1cn(C=O)c2ccccc12)NC(=O)OC(C)(C)C. The van der Waals surface area contributed by atoms with Gasteiger partial charge in [0.2, 0.25) is 6.41 Å². The molecule has 1 aromatic carbocycles. The fourth-order valence-corrected chi connectivity index (χ4v) is 2.42. The van der Waals surface area contributed by atoms with Gasteiger partial charge in [0, 0.05) is 17.6 Å². The molecule has 0 aliphatic carbocycles. The molecule has 0 unspecified atom stereocenters. The summed E-state index contributed by atoms with van der Waals surface area (Å²) in [6.07, 6.45) is 2.79. The highest BCUT2D eigenvalue weighted by molar-refractivity contribution is 5.88. The van der Waals surface area contributed by atoms with Crippen molar-refractivity contribution in [3.05, 3.63) is 36.0 Å². The van der Waals surface area contributed by atoms with Gasteiger partial charge in [0.05, 0.1) is 5.52 Å². The van der Waals surface area contributed by atoms with E-state index in [1.54, 1.807) is 4.57 Å². The Morgan fingerprint density at radius 2 is 2.05 bits per heavy atom. The van der Waals surface area contributed by atoms with Crippen LogP contribution in [0.5, 0.6) is 0 Å². The normalized spacial score (nSPS) is 12.9. The first-order chi connectivity index (χ1) is 10.3. The molecule has 0 saturated heterocycles. The van der Waals surface area contributed by atoms with E-state index >= 15 is 0 Å². The van der Waals surface area contributed by atoms with Gasteiger partial charge >= 0.3 is 6.09 Å². The fourth-order valence-electron chi connectivity index (χ4n) is 2.42. The van der Waals surface area contributed by atoms with Gasteiger partial charge in [-0.25, -0.2) is 4.79 Å². The summed E-state index contributed by atoms with van der Waals surface area (Å²) in [5.41, 5.74) is 1.38. The highest BCUT2D eigenvalue weighted by atomic mass is 16.6. The van der Waals surface area contributed by atoms with Gasteiger partial charge in [-0.1, -0.05) is 18.2 Å². The van der Waals surface area contributed by atoms with Gasteiger partial charge in [-0.15, -0.1) is 0 Å². The molecular formula is C17H22N2O3. The fraction of sp³-hybridized carbons (Fsp3) is 0.412. The number of fused-ring (bicyclic) bond motifs is 1. The Kier molecular flexibility index (Phi) is 4.54. The number of amides is 1. The Bertz CT molecular complexity index is 683. The molecule has 118 valence electrons. The Labute approximate surface area is 130 Å². The molecule has 0 aliphatic heterocycles. The van der Waals surface area contributed by atoms with E-state index in [4.69, 9.17) is 4.74 Å². The molecule has 0 aliphatic rings. The van der Waals surface area contributed by atoms with E-state index in [1.807, 2.05) is 58.2 Å². The van der Waals surface area contributed by atoms with Crippen LogP contribution < -0.4 is 5.32 Å². The minimum atomic E-state index is -0.517. The zero-order chi connectivity index (χ0) is 16.3. The maximum absolute atomic E-state index is 11.8. The van der Waals surface area contributed by atoms with Crippen LogP contribution in [0.15, 0.2) is 30.5 Å². The van der Waals surface area contributed by atoms with Crippen LogP contribution in [0, 0.1) is 0 Å². The number of nitrogens with one attached hydrogen (secondary N) is 1. The smallest absolute Gasteiger partial charge is 0.407 e. The average Bonchev–Trinajstić information content (AvgIpc) is 2.74. The monoisotopic (exact) mass is 302 g/mol. The molecule has 1 N–H and O–H groups in total.